The minimum Gasteiger partial charge on any atom is -0.322 e. The summed E-state index contributed by atoms with van der Waals surface area (Å²) in [5.41, 5.74) is 5.13. The molecular weight excluding hydrogens is 405 g/mol. The van der Waals surface area contributed by atoms with E-state index in [0.717, 1.165) is 22.3 Å². The van der Waals surface area contributed by atoms with Gasteiger partial charge in [0.1, 0.15) is 5.82 Å². The molecule has 1 N–H and O–H groups in total. The van der Waals surface area contributed by atoms with Crippen LogP contribution in [0.5, 0.6) is 0 Å². The normalized spacial score (nSPS) is 10.9. The summed E-state index contributed by atoms with van der Waals surface area (Å²) in [5, 5.41) is 11.6. The Balaban J connectivity index is 1.54. The predicted octanol–water partition coefficient (Wildman–Crippen LogP) is 5.16. The second-order valence-corrected chi connectivity index (χ2v) is 7.37. The average molecular weight is 423 g/mol. The minimum absolute atomic E-state index is 0.263. The Morgan fingerprint density at radius 2 is 1.81 bits per heavy atom. The Kier molecular flexibility index (Phi) is 4.91. The molecule has 6 nitrogen and oxygen atoms in total. The number of carbonyl (C=O) groups is 1. The molecule has 0 saturated heterocycles. The number of aromatic nitrogens is 4. The van der Waals surface area contributed by atoms with Gasteiger partial charge in [-0.15, -0.1) is 10.2 Å². The van der Waals surface area contributed by atoms with Crippen molar-refractivity contribution in [2.24, 2.45) is 0 Å². The smallest absolute Gasteiger partial charge is 0.255 e. The van der Waals surface area contributed by atoms with E-state index in [1.807, 2.05) is 60.0 Å². The Labute approximate surface area is 183 Å². The summed E-state index contributed by atoms with van der Waals surface area (Å²) >= 11 is 0. The third kappa shape index (κ3) is 3.60. The van der Waals surface area contributed by atoms with Crippen molar-refractivity contribution in [1.82, 2.24) is 19.6 Å². The Hall–Kier alpha value is -4.39. The third-order valence-corrected chi connectivity index (χ3v) is 5.25. The molecule has 7 heteroatoms. The van der Waals surface area contributed by atoms with Gasteiger partial charge in [0.15, 0.2) is 11.5 Å². The molecule has 0 bridgehead atoms. The molecule has 0 aliphatic heterocycles. The van der Waals surface area contributed by atoms with E-state index < -0.39 is 0 Å². The van der Waals surface area contributed by atoms with Crippen molar-refractivity contribution in [3.05, 3.63) is 102 Å². The molecule has 0 saturated carbocycles. The van der Waals surface area contributed by atoms with Gasteiger partial charge in [-0.3, -0.25) is 14.2 Å². The van der Waals surface area contributed by atoms with Crippen LogP contribution < -0.4 is 5.32 Å². The molecule has 0 spiro atoms. The number of halogens is 1. The van der Waals surface area contributed by atoms with Crippen molar-refractivity contribution in [1.29, 1.82) is 0 Å². The lowest BCUT2D eigenvalue weighted by Gasteiger charge is -2.11. The summed E-state index contributed by atoms with van der Waals surface area (Å²) < 4.78 is 15.1. The molecule has 1 amide bonds. The van der Waals surface area contributed by atoms with Gasteiger partial charge in [-0.25, -0.2) is 4.39 Å². The van der Waals surface area contributed by atoms with E-state index in [1.165, 1.54) is 24.3 Å². The van der Waals surface area contributed by atoms with E-state index >= 15 is 0 Å². The number of nitrogens with zero attached hydrogens (tertiary/aromatic N) is 4. The van der Waals surface area contributed by atoms with Gasteiger partial charge in [-0.1, -0.05) is 12.1 Å². The lowest BCUT2D eigenvalue weighted by molar-refractivity contribution is 0.102. The highest BCUT2D eigenvalue weighted by Gasteiger charge is 2.15. The number of carbonyl (C=O) groups excluding carboxylic acids is 1. The third-order valence-electron chi connectivity index (χ3n) is 5.25. The zero-order chi connectivity index (χ0) is 22.1. The lowest BCUT2D eigenvalue weighted by atomic mass is 9.99. The first-order valence-corrected chi connectivity index (χ1v) is 10.0. The van der Waals surface area contributed by atoms with Gasteiger partial charge in [0.05, 0.1) is 0 Å². The van der Waals surface area contributed by atoms with Gasteiger partial charge in [-0.2, -0.15) is 0 Å². The lowest BCUT2D eigenvalue weighted by Crippen LogP contribution is -2.13. The standard InChI is InChI=1S/C25H18FN5O/c1-16-6-7-17(14-22(16)25(32)28-20-10-8-19(26)9-11-20)21-5-3-13-31-23(29-30-24(21)31)18-4-2-12-27-15-18/h2-15H,1H3,(H,28,32). The van der Waals surface area contributed by atoms with Crippen LogP contribution in [-0.4, -0.2) is 25.5 Å². The fourth-order valence-electron chi connectivity index (χ4n) is 3.60. The molecule has 2 aromatic carbocycles. The molecule has 5 aromatic rings. The van der Waals surface area contributed by atoms with Crippen LogP contribution in [0.3, 0.4) is 0 Å². The van der Waals surface area contributed by atoms with E-state index in [2.05, 4.69) is 20.5 Å². The van der Waals surface area contributed by atoms with E-state index in [0.29, 0.717) is 22.7 Å². The summed E-state index contributed by atoms with van der Waals surface area (Å²) in [4.78, 5) is 17.1. The van der Waals surface area contributed by atoms with Crippen LogP contribution >= 0.6 is 0 Å². The molecular formula is C25H18FN5O. The number of fused-ring (bicyclic) bond motifs is 1. The summed E-state index contributed by atoms with van der Waals surface area (Å²) in [7, 11) is 0. The highest BCUT2D eigenvalue weighted by Crippen LogP contribution is 2.28. The fraction of sp³-hybridized carbons (Fsp3) is 0.0400. The van der Waals surface area contributed by atoms with Crippen LogP contribution in [0.1, 0.15) is 15.9 Å². The molecule has 156 valence electrons. The number of rotatable bonds is 4. The maximum Gasteiger partial charge on any atom is 0.255 e. The van der Waals surface area contributed by atoms with E-state index in [1.54, 1.807) is 12.4 Å². The number of aryl methyl sites for hydroxylation is 1. The molecule has 5 rings (SSSR count). The van der Waals surface area contributed by atoms with Crippen molar-refractivity contribution in [2.45, 2.75) is 6.92 Å². The second kappa shape index (κ2) is 8.03. The highest BCUT2D eigenvalue weighted by atomic mass is 19.1. The Bertz CT molecular complexity index is 1430. The van der Waals surface area contributed by atoms with Gasteiger partial charge in [-0.05, 0) is 72.6 Å². The SMILES string of the molecule is Cc1ccc(-c2cccn3c(-c4cccnc4)nnc23)cc1C(=O)Nc1ccc(F)cc1. The van der Waals surface area contributed by atoms with Gasteiger partial charge >= 0.3 is 0 Å². The number of benzene rings is 2. The van der Waals surface area contributed by atoms with Crippen molar-refractivity contribution in [2.75, 3.05) is 5.32 Å². The zero-order valence-corrected chi connectivity index (χ0v) is 17.2. The Morgan fingerprint density at radius 1 is 0.969 bits per heavy atom. The molecule has 0 radical (unpaired) electrons. The molecule has 0 unspecified atom stereocenters. The summed E-state index contributed by atoms with van der Waals surface area (Å²) in [5.74, 6) is 0.0741. The maximum absolute atomic E-state index is 13.2. The van der Waals surface area contributed by atoms with E-state index in [-0.39, 0.29) is 11.7 Å². The molecule has 0 fully saturated rings. The Morgan fingerprint density at radius 3 is 2.59 bits per heavy atom. The van der Waals surface area contributed by atoms with Crippen LogP contribution in [0.2, 0.25) is 0 Å². The highest BCUT2D eigenvalue weighted by molar-refractivity contribution is 6.06. The van der Waals surface area contributed by atoms with Crippen LogP contribution in [0.25, 0.3) is 28.2 Å². The van der Waals surface area contributed by atoms with Crippen LogP contribution in [0, 0.1) is 12.7 Å². The predicted molar refractivity (Wildman–Crippen MR) is 121 cm³/mol. The maximum atomic E-state index is 13.2. The monoisotopic (exact) mass is 423 g/mol. The van der Waals surface area contributed by atoms with Gasteiger partial charge in [0.25, 0.3) is 5.91 Å². The first-order valence-electron chi connectivity index (χ1n) is 10.0. The van der Waals surface area contributed by atoms with Crippen LogP contribution in [-0.2, 0) is 0 Å². The van der Waals surface area contributed by atoms with Crippen LogP contribution in [0.15, 0.2) is 85.3 Å². The van der Waals surface area contributed by atoms with Crippen molar-refractivity contribution in [3.63, 3.8) is 0 Å². The number of pyridine rings is 2. The first kappa shape index (κ1) is 19.6. The average Bonchev–Trinajstić information content (AvgIpc) is 3.26. The zero-order valence-electron chi connectivity index (χ0n) is 17.2. The van der Waals surface area contributed by atoms with E-state index in [4.69, 9.17) is 0 Å². The molecule has 3 heterocycles. The number of anilines is 1. The summed E-state index contributed by atoms with van der Waals surface area (Å²) in [6.45, 7) is 1.88. The van der Waals surface area contributed by atoms with Crippen molar-refractivity contribution < 1.29 is 9.18 Å². The number of hydrogen-bond acceptors (Lipinski definition) is 4. The fourth-order valence-corrected chi connectivity index (χ4v) is 3.60. The molecule has 0 aliphatic rings. The summed E-state index contributed by atoms with van der Waals surface area (Å²) in [6.07, 6.45) is 5.35. The van der Waals surface area contributed by atoms with Crippen molar-refractivity contribution in [3.8, 4) is 22.5 Å². The summed E-state index contributed by atoms with van der Waals surface area (Å²) in [6, 6.07) is 19.0. The molecule has 32 heavy (non-hydrogen) atoms. The van der Waals surface area contributed by atoms with Crippen molar-refractivity contribution >= 4 is 17.2 Å². The first-order chi connectivity index (χ1) is 15.6. The minimum atomic E-state index is -0.353. The second-order valence-electron chi connectivity index (χ2n) is 7.37. The molecule has 0 aliphatic carbocycles. The topological polar surface area (TPSA) is 72.2 Å². The van der Waals surface area contributed by atoms with Gasteiger partial charge in [0, 0.05) is 41.0 Å². The quantitative estimate of drug-likeness (QED) is 0.434. The molecule has 3 aromatic heterocycles. The largest absolute Gasteiger partial charge is 0.322 e. The number of hydrogen-bond donors (Lipinski definition) is 1. The number of nitrogens with one attached hydrogen (secondary N) is 1. The van der Waals surface area contributed by atoms with Crippen LogP contribution in [0.4, 0.5) is 10.1 Å². The van der Waals surface area contributed by atoms with E-state index in [9.17, 15) is 9.18 Å². The number of amides is 1. The van der Waals surface area contributed by atoms with Gasteiger partial charge in [0.2, 0.25) is 0 Å². The van der Waals surface area contributed by atoms with Gasteiger partial charge < -0.3 is 5.32 Å². The molecule has 0 atom stereocenters.